The minimum Gasteiger partial charge on any atom is -0.474 e. The average molecular weight is 499 g/mol. The minimum absolute atomic E-state index is 0.0365. The van der Waals surface area contributed by atoms with Crippen molar-refractivity contribution < 1.29 is 14.3 Å². The molecule has 2 atom stereocenters. The summed E-state index contributed by atoms with van der Waals surface area (Å²) in [6.07, 6.45) is 4.51. The third kappa shape index (κ3) is 3.96. The highest BCUT2D eigenvalue weighted by Crippen LogP contribution is 2.48. The van der Waals surface area contributed by atoms with Crippen molar-refractivity contribution in [3.8, 4) is 5.88 Å². The Kier molecular flexibility index (Phi) is 6.20. The molecule has 5 nitrogen and oxygen atoms in total. The van der Waals surface area contributed by atoms with Crippen LogP contribution in [0.2, 0.25) is 5.02 Å². The molecule has 0 N–H and O–H groups in total. The molecule has 0 bridgehead atoms. The molecule has 1 aliphatic heterocycles. The molecule has 2 fully saturated rings. The lowest BCUT2D eigenvalue weighted by Gasteiger charge is -2.45. The van der Waals surface area contributed by atoms with Gasteiger partial charge in [0, 0.05) is 17.5 Å². The van der Waals surface area contributed by atoms with Gasteiger partial charge >= 0.3 is 0 Å². The zero-order chi connectivity index (χ0) is 23.0. The maximum Gasteiger partial charge on any atom is 0.248 e. The topological polar surface area (TPSA) is 59.5 Å². The molecule has 3 heterocycles. The molecular weight excluding hydrogens is 476 g/mol. The zero-order valence-corrected chi connectivity index (χ0v) is 20.3. The van der Waals surface area contributed by atoms with Crippen LogP contribution in [0.25, 0.3) is 0 Å². The lowest BCUT2D eigenvalue weighted by molar-refractivity contribution is -0.142. The van der Waals surface area contributed by atoms with Crippen LogP contribution in [0, 0.1) is 0 Å². The summed E-state index contributed by atoms with van der Waals surface area (Å²) >= 11 is 12.5. The number of ether oxygens (including phenoxy) is 1. The molecule has 0 radical (unpaired) electrons. The predicted molar refractivity (Wildman–Crippen MR) is 132 cm³/mol. The van der Waals surface area contributed by atoms with Crippen molar-refractivity contribution in [2.24, 2.45) is 0 Å². The van der Waals surface area contributed by atoms with Crippen molar-refractivity contribution in [3.63, 3.8) is 0 Å². The van der Waals surface area contributed by atoms with Gasteiger partial charge in [-0.2, -0.15) is 11.3 Å². The SMILES string of the molecule is O=C1CC(c2ccsc2)(c2cccc(OC3CCCC3)n2)N(S)C(=O)C1c1ccccc1Cl. The molecule has 33 heavy (non-hydrogen) atoms. The van der Waals surface area contributed by atoms with Crippen LogP contribution in [0.3, 0.4) is 0 Å². The third-order valence-corrected chi connectivity index (χ3v) is 8.09. The number of carbonyl (C=O) groups is 2. The number of piperidine rings is 1. The number of halogens is 1. The smallest absolute Gasteiger partial charge is 0.248 e. The van der Waals surface area contributed by atoms with Gasteiger partial charge in [0.2, 0.25) is 11.8 Å². The van der Waals surface area contributed by atoms with E-state index < -0.39 is 17.4 Å². The van der Waals surface area contributed by atoms with E-state index in [1.807, 2.05) is 35.0 Å². The van der Waals surface area contributed by atoms with Crippen LogP contribution in [0.5, 0.6) is 5.88 Å². The number of hydrogen-bond donors (Lipinski definition) is 1. The molecule has 1 saturated heterocycles. The Bertz CT molecular complexity index is 1180. The summed E-state index contributed by atoms with van der Waals surface area (Å²) < 4.78 is 7.49. The minimum atomic E-state index is -1.13. The van der Waals surface area contributed by atoms with E-state index in [1.54, 1.807) is 24.3 Å². The predicted octanol–water partition coefficient (Wildman–Crippen LogP) is 5.79. The first-order chi connectivity index (χ1) is 16.0. The van der Waals surface area contributed by atoms with Crippen LogP contribution in [-0.4, -0.2) is 27.1 Å². The fourth-order valence-electron chi connectivity index (χ4n) is 4.85. The number of thiol groups is 1. The normalized spacial score (nSPS) is 23.8. The number of nitrogens with zero attached hydrogens (tertiary/aromatic N) is 2. The summed E-state index contributed by atoms with van der Waals surface area (Å²) in [7, 11) is 0. The lowest BCUT2D eigenvalue weighted by Crippen LogP contribution is -2.54. The summed E-state index contributed by atoms with van der Waals surface area (Å²) in [5.41, 5.74) is 0.723. The van der Waals surface area contributed by atoms with Gasteiger partial charge in [-0.25, -0.2) is 4.98 Å². The van der Waals surface area contributed by atoms with Gasteiger partial charge in [0.05, 0.1) is 5.69 Å². The fraction of sp³-hybridized carbons (Fsp3) is 0.320. The number of ketones is 1. The molecule has 5 rings (SSSR count). The number of thiophene rings is 1. The van der Waals surface area contributed by atoms with E-state index in [4.69, 9.17) is 21.3 Å². The van der Waals surface area contributed by atoms with Gasteiger partial charge < -0.3 is 4.74 Å². The molecule has 2 unspecified atom stereocenters. The largest absolute Gasteiger partial charge is 0.474 e. The van der Waals surface area contributed by atoms with Gasteiger partial charge in [-0.1, -0.05) is 48.7 Å². The first-order valence-corrected chi connectivity index (χ1v) is 12.7. The molecule has 170 valence electrons. The number of aromatic nitrogens is 1. The van der Waals surface area contributed by atoms with Gasteiger partial charge in [0.15, 0.2) is 5.78 Å². The number of rotatable bonds is 5. The Morgan fingerprint density at radius 1 is 1.09 bits per heavy atom. The Labute approximate surface area is 207 Å². The van der Waals surface area contributed by atoms with Crippen molar-refractivity contribution in [1.82, 2.24) is 9.29 Å². The molecule has 2 aliphatic rings. The average Bonchev–Trinajstić information content (AvgIpc) is 3.53. The second kappa shape index (κ2) is 9.12. The molecule has 1 aliphatic carbocycles. The maximum atomic E-state index is 13.7. The Morgan fingerprint density at radius 2 is 1.88 bits per heavy atom. The van der Waals surface area contributed by atoms with Crippen molar-refractivity contribution in [2.75, 3.05) is 0 Å². The molecule has 0 spiro atoms. The third-order valence-electron chi connectivity index (χ3n) is 6.52. The highest BCUT2D eigenvalue weighted by atomic mass is 35.5. The van der Waals surface area contributed by atoms with Crippen LogP contribution < -0.4 is 4.74 Å². The lowest BCUT2D eigenvalue weighted by atomic mass is 9.75. The number of carbonyl (C=O) groups excluding carboxylic acids is 2. The zero-order valence-electron chi connectivity index (χ0n) is 17.8. The van der Waals surface area contributed by atoms with Crippen molar-refractivity contribution in [3.05, 3.63) is 81.1 Å². The maximum absolute atomic E-state index is 13.7. The summed E-state index contributed by atoms with van der Waals surface area (Å²) in [5, 5.41) is 4.25. The first kappa shape index (κ1) is 22.4. The second-order valence-corrected chi connectivity index (χ2v) is 10.1. The molecule has 8 heteroatoms. The fourth-order valence-corrected chi connectivity index (χ4v) is 6.22. The van der Waals surface area contributed by atoms with Crippen LogP contribution in [0.15, 0.2) is 59.3 Å². The van der Waals surface area contributed by atoms with Gasteiger partial charge in [-0.15, -0.1) is 0 Å². The van der Waals surface area contributed by atoms with Crippen LogP contribution in [-0.2, 0) is 15.1 Å². The number of hydrogen-bond acceptors (Lipinski definition) is 6. The summed E-state index contributed by atoms with van der Waals surface area (Å²) in [6, 6.07) is 14.4. The van der Waals surface area contributed by atoms with E-state index in [2.05, 4.69) is 12.8 Å². The first-order valence-electron chi connectivity index (χ1n) is 11.0. The monoisotopic (exact) mass is 498 g/mol. The number of benzene rings is 1. The van der Waals surface area contributed by atoms with Crippen molar-refractivity contribution >= 4 is 47.4 Å². The molecule has 1 amide bonds. The molecule has 1 aromatic carbocycles. The highest BCUT2D eigenvalue weighted by Gasteiger charge is 2.53. The van der Waals surface area contributed by atoms with Gasteiger partial charge in [0.25, 0.3) is 0 Å². The summed E-state index contributed by atoms with van der Waals surface area (Å²) in [4.78, 5) is 32.0. The van der Waals surface area contributed by atoms with Crippen LogP contribution >= 0.6 is 35.8 Å². The highest BCUT2D eigenvalue weighted by molar-refractivity contribution is 7.78. The quantitative estimate of drug-likeness (QED) is 0.357. The van der Waals surface area contributed by atoms with E-state index in [9.17, 15) is 9.59 Å². The van der Waals surface area contributed by atoms with E-state index in [0.717, 1.165) is 31.2 Å². The molecule has 3 aromatic rings. The van der Waals surface area contributed by atoms with Gasteiger partial charge in [0.1, 0.15) is 17.6 Å². The summed E-state index contributed by atoms with van der Waals surface area (Å²) in [6.45, 7) is 0. The van der Waals surface area contributed by atoms with E-state index in [-0.39, 0.29) is 18.3 Å². The number of amides is 1. The Hall–Kier alpha value is -2.35. The number of pyridine rings is 1. The van der Waals surface area contributed by atoms with E-state index in [1.165, 1.54) is 15.6 Å². The van der Waals surface area contributed by atoms with E-state index >= 15 is 0 Å². The van der Waals surface area contributed by atoms with Crippen molar-refractivity contribution in [1.29, 1.82) is 0 Å². The number of Topliss-reactive ketones (excluding diaryl/α,β-unsaturated/α-hetero) is 1. The standard InChI is InChI=1S/C25H23ClN2O3S2/c26-19-9-4-3-8-18(19)23-20(29)14-25(28(32)24(23)30,16-12-13-33-15-16)21-10-5-11-22(27-21)31-17-6-1-2-7-17/h3-5,8-13,15,17,23,32H,1-2,6-7,14H2. The Morgan fingerprint density at radius 3 is 2.61 bits per heavy atom. The van der Waals surface area contributed by atoms with Crippen LogP contribution in [0.4, 0.5) is 0 Å². The summed E-state index contributed by atoms with van der Waals surface area (Å²) in [5.74, 6) is -1.13. The van der Waals surface area contributed by atoms with Gasteiger partial charge in [-0.05, 0) is 65.8 Å². The Balaban J connectivity index is 1.58. The molecule has 2 aromatic heterocycles. The van der Waals surface area contributed by atoms with Gasteiger partial charge in [-0.3, -0.25) is 13.9 Å². The van der Waals surface area contributed by atoms with Crippen molar-refractivity contribution in [2.45, 2.75) is 49.7 Å². The molecular formula is C25H23ClN2O3S2. The van der Waals surface area contributed by atoms with E-state index in [0.29, 0.717) is 22.2 Å². The van der Waals surface area contributed by atoms with Crippen LogP contribution in [0.1, 0.15) is 54.8 Å². The second-order valence-electron chi connectivity index (χ2n) is 8.51. The molecule has 1 saturated carbocycles.